The van der Waals surface area contributed by atoms with E-state index in [-0.39, 0.29) is 11.7 Å². The average Bonchev–Trinajstić information content (AvgIpc) is 3.11. The van der Waals surface area contributed by atoms with Crippen LogP contribution in [0.25, 0.3) is 11.3 Å². The highest BCUT2D eigenvalue weighted by atomic mass is 16.3. The molecule has 0 atom stereocenters. The van der Waals surface area contributed by atoms with E-state index < -0.39 is 0 Å². The molecule has 0 saturated heterocycles. The minimum atomic E-state index is -0.231. The molecule has 0 spiro atoms. The Bertz CT molecular complexity index is 882. The number of aromatic nitrogens is 2. The first-order valence-electron chi connectivity index (χ1n) is 8.28. The van der Waals surface area contributed by atoms with E-state index in [9.17, 15) is 9.90 Å². The lowest BCUT2D eigenvalue weighted by atomic mass is 10.1. The number of aromatic hydroxyl groups is 1. The maximum absolute atomic E-state index is 12.3. The summed E-state index contributed by atoms with van der Waals surface area (Å²) in [5.41, 5.74) is 4.85. The first kappa shape index (κ1) is 16.8. The molecule has 1 heterocycles. The molecule has 0 aliphatic rings. The lowest BCUT2D eigenvalue weighted by Crippen LogP contribution is -2.23. The van der Waals surface area contributed by atoms with Gasteiger partial charge in [-0.05, 0) is 42.7 Å². The molecule has 0 bridgehead atoms. The summed E-state index contributed by atoms with van der Waals surface area (Å²) in [4.78, 5) is 12.3. The van der Waals surface area contributed by atoms with Gasteiger partial charge in [0, 0.05) is 12.1 Å². The van der Waals surface area contributed by atoms with Crippen LogP contribution in [0.3, 0.4) is 0 Å². The largest absolute Gasteiger partial charge is 0.507 e. The van der Waals surface area contributed by atoms with E-state index in [1.54, 1.807) is 12.1 Å². The highest BCUT2D eigenvalue weighted by Gasteiger charge is 2.13. The van der Waals surface area contributed by atoms with Crippen LogP contribution >= 0.6 is 0 Å². The third-order valence-corrected chi connectivity index (χ3v) is 4.14. The quantitative estimate of drug-likeness (QED) is 0.667. The van der Waals surface area contributed by atoms with Crippen molar-refractivity contribution in [3.63, 3.8) is 0 Å². The van der Waals surface area contributed by atoms with Gasteiger partial charge in [0.2, 0.25) is 0 Å². The number of nitrogens with one attached hydrogen (secondary N) is 2. The lowest BCUT2D eigenvalue weighted by Gasteiger charge is -2.04. The second-order valence-electron chi connectivity index (χ2n) is 6.04. The third-order valence-electron chi connectivity index (χ3n) is 4.14. The summed E-state index contributed by atoms with van der Waals surface area (Å²) >= 11 is 0. The van der Waals surface area contributed by atoms with Crippen molar-refractivity contribution < 1.29 is 9.90 Å². The predicted octanol–water partition coefficient (Wildman–Crippen LogP) is 3.58. The van der Waals surface area contributed by atoms with Crippen LogP contribution in [0.4, 0.5) is 0 Å². The molecule has 3 rings (SSSR count). The molecule has 0 saturated carbocycles. The molecule has 1 amide bonds. The van der Waals surface area contributed by atoms with E-state index in [1.807, 2.05) is 50.2 Å². The summed E-state index contributed by atoms with van der Waals surface area (Å²) in [6.07, 6.45) is 0.863. The van der Waals surface area contributed by atoms with Crippen molar-refractivity contribution in [3.8, 4) is 17.0 Å². The van der Waals surface area contributed by atoms with Gasteiger partial charge in [-0.15, -0.1) is 0 Å². The summed E-state index contributed by atoms with van der Waals surface area (Å²) in [7, 11) is 0. The number of amides is 1. The number of carbonyl (C=O) groups is 1. The van der Waals surface area contributed by atoms with Crippen molar-refractivity contribution >= 4 is 5.91 Å². The molecule has 2 aromatic carbocycles. The molecule has 5 nitrogen and oxygen atoms in total. The molecule has 0 aliphatic carbocycles. The van der Waals surface area contributed by atoms with Gasteiger partial charge in [-0.1, -0.05) is 42.8 Å². The predicted molar refractivity (Wildman–Crippen MR) is 97.4 cm³/mol. The Morgan fingerprint density at radius 3 is 2.56 bits per heavy atom. The van der Waals surface area contributed by atoms with Gasteiger partial charge < -0.3 is 10.4 Å². The van der Waals surface area contributed by atoms with Crippen LogP contribution in [0.2, 0.25) is 0 Å². The van der Waals surface area contributed by atoms with Crippen molar-refractivity contribution in [1.82, 2.24) is 15.5 Å². The summed E-state index contributed by atoms with van der Waals surface area (Å²) in [6, 6.07) is 15.1. The Kier molecular flexibility index (Phi) is 4.84. The summed E-state index contributed by atoms with van der Waals surface area (Å²) in [5.74, 6) is -0.0826. The van der Waals surface area contributed by atoms with Gasteiger partial charge in [0.15, 0.2) is 0 Å². The van der Waals surface area contributed by atoms with E-state index in [0.29, 0.717) is 23.5 Å². The number of benzene rings is 2. The number of H-pyrrole nitrogens is 1. The number of hydrogen-bond acceptors (Lipinski definition) is 3. The Hall–Kier alpha value is -3.08. The molecule has 0 radical (unpaired) electrons. The fourth-order valence-corrected chi connectivity index (χ4v) is 2.57. The minimum absolute atomic E-state index is 0.148. The molecule has 25 heavy (non-hydrogen) atoms. The monoisotopic (exact) mass is 335 g/mol. The van der Waals surface area contributed by atoms with E-state index in [0.717, 1.165) is 17.5 Å². The molecule has 0 fully saturated rings. The highest BCUT2D eigenvalue weighted by molar-refractivity contribution is 5.93. The first-order chi connectivity index (χ1) is 12.1. The average molecular weight is 335 g/mol. The topological polar surface area (TPSA) is 78.0 Å². The molecular weight excluding hydrogens is 314 g/mol. The Labute approximate surface area is 146 Å². The molecular formula is C20H21N3O2. The van der Waals surface area contributed by atoms with Crippen molar-refractivity contribution in [3.05, 3.63) is 70.9 Å². The number of aromatic amines is 1. The zero-order valence-electron chi connectivity index (χ0n) is 14.3. The number of hydrogen-bond donors (Lipinski definition) is 3. The van der Waals surface area contributed by atoms with Gasteiger partial charge in [-0.2, -0.15) is 5.10 Å². The number of carbonyl (C=O) groups excluding carboxylic acids is 1. The van der Waals surface area contributed by atoms with Crippen LogP contribution in [0, 0.1) is 6.92 Å². The second kappa shape index (κ2) is 7.21. The highest BCUT2D eigenvalue weighted by Crippen LogP contribution is 2.29. The van der Waals surface area contributed by atoms with Gasteiger partial charge in [0.25, 0.3) is 5.91 Å². The van der Waals surface area contributed by atoms with Gasteiger partial charge in [-0.25, -0.2) is 0 Å². The van der Waals surface area contributed by atoms with Crippen LogP contribution in [-0.4, -0.2) is 21.2 Å². The van der Waals surface area contributed by atoms with Crippen LogP contribution in [0.15, 0.2) is 48.5 Å². The third kappa shape index (κ3) is 3.88. The lowest BCUT2D eigenvalue weighted by molar-refractivity contribution is 0.0946. The van der Waals surface area contributed by atoms with Crippen LogP contribution in [-0.2, 0) is 13.0 Å². The van der Waals surface area contributed by atoms with Crippen LogP contribution in [0.1, 0.15) is 34.1 Å². The standard InChI is InChI=1S/C20H21N3O2/c1-3-14-8-9-19(24)16(10-14)17-11-18(23-22-17)20(25)21-12-15-6-4-13(2)5-7-15/h4-11,24H,3,12H2,1-2H3,(H,21,25)(H,22,23). The molecule has 3 aromatic rings. The minimum Gasteiger partial charge on any atom is -0.507 e. The zero-order valence-corrected chi connectivity index (χ0v) is 14.3. The Balaban J connectivity index is 1.72. The van der Waals surface area contributed by atoms with Gasteiger partial charge in [0.05, 0.1) is 5.69 Å². The normalized spacial score (nSPS) is 10.6. The fourth-order valence-electron chi connectivity index (χ4n) is 2.57. The van der Waals surface area contributed by atoms with Crippen LogP contribution < -0.4 is 5.32 Å². The molecule has 5 heteroatoms. The number of aryl methyl sites for hydroxylation is 2. The van der Waals surface area contributed by atoms with E-state index in [4.69, 9.17) is 0 Å². The summed E-state index contributed by atoms with van der Waals surface area (Å²) < 4.78 is 0. The molecule has 1 aromatic heterocycles. The number of nitrogens with zero attached hydrogens (tertiary/aromatic N) is 1. The van der Waals surface area contributed by atoms with Gasteiger partial charge in [-0.3, -0.25) is 9.89 Å². The zero-order chi connectivity index (χ0) is 17.8. The van der Waals surface area contributed by atoms with E-state index in [2.05, 4.69) is 15.5 Å². The molecule has 0 unspecified atom stereocenters. The van der Waals surface area contributed by atoms with E-state index in [1.165, 1.54) is 5.56 Å². The molecule has 0 aliphatic heterocycles. The Morgan fingerprint density at radius 2 is 1.84 bits per heavy atom. The summed E-state index contributed by atoms with van der Waals surface area (Å²) in [5, 5.41) is 19.8. The SMILES string of the molecule is CCc1ccc(O)c(-c2cc(C(=O)NCc3ccc(C)cc3)[nH]n2)c1. The Morgan fingerprint density at radius 1 is 1.12 bits per heavy atom. The number of phenols is 1. The van der Waals surface area contributed by atoms with Crippen molar-refractivity contribution in [1.29, 1.82) is 0 Å². The van der Waals surface area contributed by atoms with Crippen molar-refractivity contribution in [2.24, 2.45) is 0 Å². The summed E-state index contributed by atoms with van der Waals surface area (Å²) in [6.45, 7) is 4.52. The fraction of sp³-hybridized carbons (Fsp3) is 0.200. The van der Waals surface area contributed by atoms with Gasteiger partial charge >= 0.3 is 0 Å². The maximum Gasteiger partial charge on any atom is 0.269 e. The molecule has 3 N–H and O–H groups in total. The second-order valence-corrected chi connectivity index (χ2v) is 6.04. The van der Waals surface area contributed by atoms with Gasteiger partial charge in [0.1, 0.15) is 11.4 Å². The van der Waals surface area contributed by atoms with Crippen LogP contribution in [0.5, 0.6) is 5.75 Å². The molecule has 128 valence electrons. The maximum atomic E-state index is 12.3. The van der Waals surface area contributed by atoms with E-state index >= 15 is 0 Å². The van der Waals surface area contributed by atoms with Crippen molar-refractivity contribution in [2.45, 2.75) is 26.8 Å². The number of phenolic OH excluding ortho intramolecular Hbond substituents is 1. The number of rotatable bonds is 5. The van der Waals surface area contributed by atoms with Crippen molar-refractivity contribution in [2.75, 3.05) is 0 Å². The first-order valence-corrected chi connectivity index (χ1v) is 8.28. The smallest absolute Gasteiger partial charge is 0.269 e.